The van der Waals surface area contributed by atoms with Crippen LogP contribution in [0.15, 0.2) is 18.2 Å². The molecule has 19 heavy (non-hydrogen) atoms. The summed E-state index contributed by atoms with van der Waals surface area (Å²) in [6.07, 6.45) is 1.99. The molecule has 0 radical (unpaired) electrons. The number of rotatable bonds is 6. The van der Waals surface area contributed by atoms with Crippen LogP contribution < -0.4 is 14.8 Å². The van der Waals surface area contributed by atoms with Gasteiger partial charge in [0.15, 0.2) is 11.5 Å². The predicted molar refractivity (Wildman–Crippen MR) is 74.8 cm³/mol. The van der Waals surface area contributed by atoms with Gasteiger partial charge in [-0.2, -0.15) is 0 Å². The Kier molecular flexibility index (Phi) is 5.48. The first kappa shape index (κ1) is 14.2. The van der Waals surface area contributed by atoms with Crippen LogP contribution in [0.5, 0.6) is 11.5 Å². The molecular weight excluding hydrogens is 242 g/mol. The van der Waals surface area contributed by atoms with Crippen molar-refractivity contribution in [3.05, 3.63) is 23.8 Å². The maximum absolute atomic E-state index is 5.69. The third-order valence-electron chi connectivity index (χ3n) is 3.27. The van der Waals surface area contributed by atoms with Crippen molar-refractivity contribution in [2.45, 2.75) is 32.4 Å². The zero-order valence-corrected chi connectivity index (χ0v) is 11.8. The lowest BCUT2D eigenvalue weighted by atomic mass is 10.1. The summed E-state index contributed by atoms with van der Waals surface area (Å²) in [6, 6.07) is 6.53. The molecule has 0 bridgehead atoms. The third-order valence-corrected chi connectivity index (χ3v) is 3.27. The lowest BCUT2D eigenvalue weighted by Gasteiger charge is -2.16. The van der Waals surface area contributed by atoms with E-state index >= 15 is 0 Å². The van der Waals surface area contributed by atoms with Crippen LogP contribution in [0.2, 0.25) is 0 Å². The molecule has 1 heterocycles. The molecule has 0 aromatic heterocycles. The Balaban J connectivity index is 1.95. The van der Waals surface area contributed by atoms with Crippen LogP contribution in [0.25, 0.3) is 0 Å². The number of fused-ring (bicyclic) bond motifs is 1. The lowest BCUT2D eigenvalue weighted by molar-refractivity contribution is 0.164. The van der Waals surface area contributed by atoms with E-state index in [0.717, 1.165) is 50.7 Å². The first-order valence-electron chi connectivity index (χ1n) is 6.94. The molecule has 1 unspecified atom stereocenters. The van der Waals surface area contributed by atoms with Crippen molar-refractivity contribution in [2.24, 2.45) is 0 Å². The summed E-state index contributed by atoms with van der Waals surface area (Å²) in [5, 5.41) is 3.49. The monoisotopic (exact) mass is 265 g/mol. The molecule has 1 N–H and O–H groups in total. The summed E-state index contributed by atoms with van der Waals surface area (Å²) in [4.78, 5) is 0. The molecule has 0 aliphatic carbocycles. The molecule has 0 fully saturated rings. The minimum Gasteiger partial charge on any atom is -0.490 e. The Morgan fingerprint density at radius 3 is 2.79 bits per heavy atom. The normalized spacial score (nSPS) is 15.9. The SMILES string of the molecule is CCC(COC)NCc1ccc2c(c1)OCCCO2. The minimum absolute atomic E-state index is 0.390. The quantitative estimate of drug-likeness (QED) is 0.857. The molecule has 4 heteroatoms. The van der Waals surface area contributed by atoms with Gasteiger partial charge in [-0.05, 0) is 24.1 Å². The fourth-order valence-electron chi connectivity index (χ4n) is 2.10. The van der Waals surface area contributed by atoms with Crippen LogP contribution in [-0.2, 0) is 11.3 Å². The molecule has 2 rings (SSSR count). The van der Waals surface area contributed by atoms with Crippen LogP contribution in [0, 0.1) is 0 Å². The van der Waals surface area contributed by atoms with Crippen molar-refractivity contribution in [1.82, 2.24) is 5.32 Å². The summed E-state index contributed by atoms with van der Waals surface area (Å²) >= 11 is 0. The van der Waals surface area contributed by atoms with Gasteiger partial charge in [0.25, 0.3) is 0 Å². The van der Waals surface area contributed by atoms with Gasteiger partial charge in [-0.15, -0.1) is 0 Å². The first-order valence-corrected chi connectivity index (χ1v) is 6.94. The highest BCUT2D eigenvalue weighted by Crippen LogP contribution is 2.30. The van der Waals surface area contributed by atoms with Crippen molar-refractivity contribution in [2.75, 3.05) is 26.9 Å². The molecule has 106 valence electrons. The van der Waals surface area contributed by atoms with Gasteiger partial charge in [-0.3, -0.25) is 0 Å². The number of hydrogen-bond donors (Lipinski definition) is 1. The molecule has 1 aliphatic heterocycles. The second-order valence-electron chi connectivity index (χ2n) is 4.77. The van der Waals surface area contributed by atoms with E-state index in [2.05, 4.69) is 24.4 Å². The van der Waals surface area contributed by atoms with E-state index < -0.39 is 0 Å². The summed E-state index contributed by atoms with van der Waals surface area (Å²) < 4.78 is 16.5. The van der Waals surface area contributed by atoms with Gasteiger partial charge in [-0.25, -0.2) is 0 Å². The Morgan fingerprint density at radius 2 is 2.05 bits per heavy atom. The van der Waals surface area contributed by atoms with Gasteiger partial charge >= 0.3 is 0 Å². The number of ether oxygens (including phenoxy) is 3. The second kappa shape index (κ2) is 7.36. The zero-order chi connectivity index (χ0) is 13.5. The van der Waals surface area contributed by atoms with Gasteiger partial charge in [-0.1, -0.05) is 13.0 Å². The van der Waals surface area contributed by atoms with Crippen molar-refractivity contribution in [3.63, 3.8) is 0 Å². The van der Waals surface area contributed by atoms with Gasteiger partial charge in [0, 0.05) is 26.1 Å². The van der Waals surface area contributed by atoms with Gasteiger partial charge in [0.2, 0.25) is 0 Å². The van der Waals surface area contributed by atoms with Crippen LogP contribution >= 0.6 is 0 Å². The molecule has 1 aromatic carbocycles. The van der Waals surface area contributed by atoms with Crippen LogP contribution in [0.1, 0.15) is 25.3 Å². The lowest BCUT2D eigenvalue weighted by Crippen LogP contribution is -2.31. The number of nitrogens with one attached hydrogen (secondary N) is 1. The van der Waals surface area contributed by atoms with E-state index in [9.17, 15) is 0 Å². The van der Waals surface area contributed by atoms with Crippen molar-refractivity contribution >= 4 is 0 Å². The molecule has 1 aromatic rings. The van der Waals surface area contributed by atoms with Crippen LogP contribution in [0.4, 0.5) is 0 Å². The maximum Gasteiger partial charge on any atom is 0.161 e. The smallest absolute Gasteiger partial charge is 0.161 e. The molecule has 0 spiro atoms. The Morgan fingerprint density at radius 1 is 1.26 bits per heavy atom. The average molecular weight is 265 g/mol. The fraction of sp³-hybridized carbons (Fsp3) is 0.600. The van der Waals surface area contributed by atoms with Crippen molar-refractivity contribution in [3.8, 4) is 11.5 Å². The van der Waals surface area contributed by atoms with Crippen LogP contribution in [0.3, 0.4) is 0 Å². The zero-order valence-electron chi connectivity index (χ0n) is 11.8. The summed E-state index contributed by atoms with van der Waals surface area (Å²) in [6.45, 7) is 5.17. The highest BCUT2D eigenvalue weighted by atomic mass is 16.5. The molecule has 1 atom stereocenters. The number of hydrogen-bond acceptors (Lipinski definition) is 4. The van der Waals surface area contributed by atoms with Crippen molar-refractivity contribution < 1.29 is 14.2 Å². The van der Waals surface area contributed by atoms with E-state index in [0.29, 0.717) is 6.04 Å². The fourth-order valence-corrected chi connectivity index (χ4v) is 2.10. The van der Waals surface area contributed by atoms with E-state index in [4.69, 9.17) is 14.2 Å². The van der Waals surface area contributed by atoms with E-state index in [1.54, 1.807) is 7.11 Å². The molecule has 0 saturated carbocycles. The summed E-state index contributed by atoms with van der Waals surface area (Å²) in [7, 11) is 1.73. The van der Waals surface area contributed by atoms with E-state index in [1.807, 2.05) is 6.07 Å². The summed E-state index contributed by atoms with van der Waals surface area (Å²) in [5.74, 6) is 1.71. The molecule has 4 nitrogen and oxygen atoms in total. The molecule has 1 aliphatic rings. The summed E-state index contributed by atoms with van der Waals surface area (Å²) in [5.41, 5.74) is 1.21. The van der Waals surface area contributed by atoms with Gasteiger partial charge in [0.05, 0.1) is 19.8 Å². The Hall–Kier alpha value is -1.26. The van der Waals surface area contributed by atoms with E-state index in [-0.39, 0.29) is 0 Å². The Bertz CT molecular complexity index is 395. The minimum atomic E-state index is 0.390. The standard InChI is InChI=1S/C15H23NO3/c1-3-13(11-17-2)16-10-12-5-6-14-15(9-12)19-8-4-7-18-14/h5-6,9,13,16H,3-4,7-8,10-11H2,1-2H3. The largest absolute Gasteiger partial charge is 0.490 e. The third kappa shape index (κ3) is 4.11. The van der Waals surface area contributed by atoms with Crippen LogP contribution in [-0.4, -0.2) is 33.0 Å². The highest BCUT2D eigenvalue weighted by Gasteiger charge is 2.11. The van der Waals surface area contributed by atoms with Crippen molar-refractivity contribution in [1.29, 1.82) is 0 Å². The Labute approximate surface area is 115 Å². The maximum atomic E-state index is 5.69. The second-order valence-corrected chi connectivity index (χ2v) is 4.77. The van der Waals surface area contributed by atoms with Gasteiger partial charge < -0.3 is 19.5 Å². The molecular formula is C15H23NO3. The van der Waals surface area contributed by atoms with Gasteiger partial charge in [0.1, 0.15) is 0 Å². The first-order chi connectivity index (χ1) is 9.33. The predicted octanol–water partition coefficient (Wildman–Crippen LogP) is 2.36. The topological polar surface area (TPSA) is 39.7 Å². The number of methoxy groups -OCH3 is 1. The average Bonchev–Trinajstić information content (AvgIpc) is 2.68. The molecule has 0 amide bonds. The highest BCUT2D eigenvalue weighted by molar-refractivity contribution is 5.43. The van der Waals surface area contributed by atoms with E-state index in [1.165, 1.54) is 5.56 Å². The number of benzene rings is 1. The molecule has 0 saturated heterocycles.